The highest BCUT2D eigenvalue weighted by Crippen LogP contribution is 2.26. The molecule has 1 aliphatic rings. The van der Waals surface area contributed by atoms with Crippen LogP contribution in [-0.2, 0) is 11.3 Å². The summed E-state index contributed by atoms with van der Waals surface area (Å²) >= 11 is 0. The van der Waals surface area contributed by atoms with Gasteiger partial charge in [0.05, 0.1) is 18.1 Å². The van der Waals surface area contributed by atoms with E-state index in [1.807, 2.05) is 4.90 Å². The molecule has 1 amide bonds. The number of carbonyl (C=O) groups is 1. The van der Waals surface area contributed by atoms with E-state index < -0.39 is 10.8 Å². The molecule has 1 fully saturated rings. The van der Waals surface area contributed by atoms with Gasteiger partial charge in [-0.3, -0.25) is 14.9 Å². The fourth-order valence-electron chi connectivity index (χ4n) is 2.91. The van der Waals surface area contributed by atoms with Gasteiger partial charge in [0.2, 0.25) is 0 Å². The SMILES string of the molecule is Cc1ccc(CNC(=O)c2cc(N3CCOCC3)ccc2[N+](=O)[O-])cc1F. The standard InChI is InChI=1S/C19H20FN3O4/c1-13-2-3-14(10-17(13)20)12-21-19(24)16-11-15(4-5-18(16)23(25)26)22-6-8-27-9-7-22/h2-5,10-11H,6-9,12H2,1H3,(H,21,24). The summed E-state index contributed by atoms with van der Waals surface area (Å²) in [7, 11) is 0. The Morgan fingerprint density at radius 2 is 2.00 bits per heavy atom. The zero-order valence-corrected chi connectivity index (χ0v) is 14.9. The molecular weight excluding hydrogens is 353 g/mol. The van der Waals surface area contributed by atoms with Gasteiger partial charge in [-0.15, -0.1) is 0 Å². The lowest BCUT2D eigenvalue weighted by molar-refractivity contribution is -0.385. The summed E-state index contributed by atoms with van der Waals surface area (Å²) in [4.78, 5) is 25.3. The summed E-state index contributed by atoms with van der Waals surface area (Å²) < 4.78 is 18.9. The molecule has 2 aromatic rings. The van der Waals surface area contributed by atoms with E-state index in [2.05, 4.69) is 5.32 Å². The molecule has 0 unspecified atom stereocenters. The number of morpholine rings is 1. The summed E-state index contributed by atoms with van der Waals surface area (Å²) in [5.74, 6) is -0.931. The number of rotatable bonds is 5. The Bertz CT molecular complexity index is 866. The summed E-state index contributed by atoms with van der Waals surface area (Å²) in [5.41, 5.74) is 1.55. The van der Waals surface area contributed by atoms with Gasteiger partial charge in [0.25, 0.3) is 11.6 Å². The molecule has 0 aromatic heterocycles. The van der Waals surface area contributed by atoms with Crippen molar-refractivity contribution in [2.75, 3.05) is 31.2 Å². The predicted octanol–water partition coefficient (Wildman–Crippen LogP) is 2.81. The molecule has 3 rings (SSSR count). The predicted molar refractivity (Wildman–Crippen MR) is 98.4 cm³/mol. The number of halogens is 1. The molecule has 0 spiro atoms. The van der Waals surface area contributed by atoms with Gasteiger partial charge in [0.15, 0.2) is 0 Å². The van der Waals surface area contributed by atoms with Crippen molar-refractivity contribution < 1.29 is 18.8 Å². The minimum Gasteiger partial charge on any atom is -0.378 e. The van der Waals surface area contributed by atoms with E-state index in [0.717, 1.165) is 5.69 Å². The van der Waals surface area contributed by atoms with E-state index >= 15 is 0 Å². The number of hydrogen-bond acceptors (Lipinski definition) is 5. The van der Waals surface area contributed by atoms with Gasteiger partial charge in [-0.2, -0.15) is 0 Å². The van der Waals surface area contributed by atoms with Gasteiger partial charge in [-0.05, 0) is 36.2 Å². The monoisotopic (exact) mass is 373 g/mol. The van der Waals surface area contributed by atoms with Crippen molar-refractivity contribution in [3.63, 3.8) is 0 Å². The molecule has 1 aliphatic heterocycles. The van der Waals surface area contributed by atoms with Crippen LogP contribution in [0.1, 0.15) is 21.5 Å². The number of nitro groups is 1. The molecule has 142 valence electrons. The minimum atomic E-state index is -0.580. The Morgan fingerprint density at radius 1 is 1.26 bits per heavy atom. The van der Waals surface area contributed by atoms with Crippen LogP contribution in [0.3, 0.4) is 0 Å². The maximum absolute atomic E-state index is 13.6. The Hall–Kier alpha value is -3.00. The molecule has 0 atom stereocenters. The van der Waals surface area contributed by atoms with Crippen LogP contribution < -0.4 is 10.2 Å². The largest absolute Gasteiger partial charge is 0.378 e. The zero-order chi connectivity index (χ0) is 19.4. The molecule has 0 aliphatic carbocycles. The molecule has 1 heterocycles. The van der Waals surface area contributed by atoms with Crippen LogP contribution in [-0.4, -0.2) is 37.1 Å². The van der Waals surface area contributed by atoms with Crippen LogP contribution in [0.2, 0.25) is 0 Å². The lowest BCUT2D eigenvalue weighted by Gasteiger charge is -2.29. The Labute approximate surface area is 155 Å². The van der Waals surface area contributed by atoms with E-state index in [1.54, 1.807) is 25.1 Å². The number of aryl methyl sites for hydroxylation is 1. The van der Waals surface area contributed by atoms with E-state index in [9.17, 15) is 19.3 Å². The Morgan fingerprint density at radius 3 is 2.67 bits per heavy atom. The Kier molecular flexibility index (Phi) is 5.66. The van der Waals surface area contributed by atoms with Gasteiger partial charge >= 0.3 is 0 Å². The topological polar surface area (TPSA) is 84.7 Å². The van der Waals surface area contributed by atoms with Gasteiger partial charge in [0, 0.05) is 31.4 Å². The van der Waals surface area contributed by atoms with Crippen LogP contribution in [0.4, 0.5) is 15.8 Å². The third-order valence-corrected chi connectivity index (χ3v) is 4.49. The fraction of sp³-hybridized carbons (Fsp3) is 0.316. The number of amides is 1. The number of anilines is 1. The van der Waals surface area contributed by atoms with Crippen LogP contribution in [0.25, 0.3) is 0 Å². The second-order valence-electron chi connectivity index (χ2n) is 6.32. The van der Waals surface area contributed by atoms with E-state index in [4.69, 9.17) is 4.74 Å². The first-order chi connectivity index (χ1) is 13.0. The maximum atomic E-state index is 13.6. The number of hydrogen-bond donors (Lipinski definition) is 1. The molecule has 1 saturated heterocycles. The second-order valence-corrected chi connectivity index (χ2v) is 6.32. The van der Waals surface area contributed by atoms with E-state index in [1.165, 1.54) is 18.2 Å². The second kappa shape index (κ2) is 8.13. The number of nitro benzene ring substituents is 1. The molecule has 27 heavy (non-hydrogen) atoms. The number of nitrogens with zero attached hydrogens (tertiary/aromatic N) is 2. The third-order valence-electron chi connectivity index (χ3n) is 4.49. The lowest BCUT2D eigenvalue weighted by Crippen LogP contribution is -2.36. The van der Waals surface area contributed by atoms with Crippen LogP contribution in [0.15, 0.2) is 36.4 Å². The molecule has 0 saturated carbocycles. The van der Waals surface area contributed by atoms with Gasteiger partial charge < -0.3 is 15.0 Å². The number of ether oxygens (including phenoxy) is 1. The smallest absolute Gasteiger partial charge is 0.282 e. The van der Waals surface area contributed by atoms with Crippen molar-refractivity contribution in [1.29, 1.82) is 0 Å². The average molecular weight is 373 g/mol. The van der Waals surface area contributed by atoms with Gasteiger partial charge in [0.1, 0.15) is 11.4 Å². The van der Waals surface area contributed by atoms with Crippen LogP contribution in [0, 0.1) is 22.9 Å². The highest BCUT2D eigenvalue weighted by Gasteiger charge is 2.22. The van der Waals surface area contributed by atoms with Crippen molar-refractivity contribution in [3.05, 3.63) is 69.0 Å². The van der Waals surface area contributed by atoms with Crippen molar-refractivity contribution >= 4 is 17.3 Å². The van der Waals surface area contributed by atoms with Crippen molar-refractivity contribution in [1.82, 2.24) is 5.32 Å². The quantitative estimate of drug-likeness (QED) is 0.644. The van der Waals surface area contributed by atoms with Crippen LogP contribution in [0.5, 0.6) is 0 Å². The lowest BCUT2D eigenvalue weighted by atomic mass is 10.1. The summed E-state index contributed by atoms with van der Waals surface area (Å²) in [6.45, 7) is 4.17. The molecule has 0 radical (unpaired) electrons. The molecular formula is C19H20FN3O4. The number of benzene rings is 2. The molecule has 2 aromatic carbocycles. The summed E-state index contributed by atoms with van der Waals surface area (Å²) in [6, 6.07) is 9.17. The summed E-state index contributed by atoms with van der Waals surface area (Å²) in [5, 5.41) is 13.9. The maximum Gasteiger partial charge on any atom is 0.282 e. The normalized spacial score (nSPS) is 14.1. The van der Waals surface area contributed by atoms with Gasteiger partial charge in [-0.25, -0.2) is 4.39 Å². The average Bonchev–Trinajstić information content (AvgIpc) is 2.68. The van der Waals surface area contributed by atoms with Crippen molar-refractivity contribution in [2.45, 2.75) is 13.5 Å². The zero-order valence-electron chi connectivity index (χ0n) is 14.9. The highest BCUT2D eigenvalue weighted by molar-refractivity contribution is 5.99. The molecule has 7 nitrogen and oxygen atoms in total. The first-order valence-corrected chi connectivity index (χ1v) is 8.60. The van der Waals surface area contributed by atoms with Crippen molar-refractivity contribution in [3.8, 4) is 0 Å². The third kappa shape index (κ3) is 4.40. The summed E-state index contributed by atoms with van der Waals surface area (Å²) in [6.07, 6.45) is 0. The minimum absolute atomic E-state index is 0.0171. The highest BCUT2D eigenvalue weighted by atomic mass is 19.1. The van der Waals surface area contributed by atoms with Crippen LogP contribution >= 0.6 is 0 Å². The van der Waals surface area contributed by atoms with E-state index in [-0.39, 0.29) is 23.6 Å². The molecule has 1 N–H and O–H groups in total. The Balaban J connectivity index is 1.80. The van der Waals surface area contributed by atoms with Gasteiger partial charge in [-0.1, -0.05) is 12.1 Å². The molecule has 0 bridgehead atoms. The van der Waals surface area contributed by atoms with Crippen molar-refractivity contribution in [2.24, 2.45) is 0 Å². The van der Waals surface area contributed by atoms with E-state index in [0.29, 0.717) is 37.4 Å². The number of nitrogens with one attached hydrogen (secondary N) is 1. The first kappa shape index (κ1) is 18.8. The fourth-order valence-corrected chi connectivity index (χ4v) is 2.91. The number of carbonyl (C=O) groups excluding carboxylic acids is 1. The first-order valence-electron chi connectivity index (χ1n) is 8.60. The molecule has 8 heteroatoms.